The highest BCUT2D eigenvalue weighted by molar-refractivity contribution is 7.19. The summed E-state index contributed by atoms with van der Waals surface area (Å²) in [6.07, 6.45) is 3.20. The molecule has 0 saturated carbocycles. The number of hydrogen-bond donors (Lipinski definition) is 2. The third-order valence-electron chi connectivity index (χ3n) is 5.76. The number of fused-ring (bicyclic) bond motifs is 1. The smallest absolute Gasteiger partial charge is 0.308 e. The molecule has 1 amide bonds. The number of aliphatic carboxylic acids is 1. The van der Waals surface area contributed by atoms with E-state index in [1.165, 1.54) is 10.4 Å². The lowest BCUT2D eigenvalue weighted by atomic mass is 9.98. The van der Waals surface area contributed by atoms with E-state index in [-0.39, 0.29) is 5.91 Å². The van der Waals surface area contributed by atoms with Crippen molar-refractivity contribution in [2.24, 2.45) is 5.92 Å². The van der Waals surface area contributed by atoms with Gasteiger partial charge in [0.1, 0.15) is 17.0 Å². The Morgan fingerprint density at radius 1 is 1.23 bits per heavy atom. The van der Waals surface area contributed by atoms with E-state index < -0.39 is 11.9 Å². The van der Waals surface area contributed by atoms with Crippen LogP contribution in [-0.2, 0) is 9.59 Å². The zero-order chi connectivity index (χ0) is 22.0. The minimum Gasteiger partial charge on any atom is -0.481 e. The van der Waals surface area contributed by atoms with Crippen LogP contribution < -0.4 is 5.32 Å². The number of aryl methyl sites for hydroxylation is 2. The van der Waals surface area contributed by atoms with Crippen LogP contribution in [0, 0.1) is 19.8 Å². The van der Waals surface area contributed by atoms with Crippen LogP contribution in [0.1, 0.15) is 29.7 Å². The van der Waals surface area contributed by atoms with E-state index >= 15 is 0 Å². The number of benzene rings is 1. The van der Waals surface area contributed by atoms with Gasteiger partial charge in [0, 0.05) is 36.5 Å². The number of carboxylic acid groups (broad SMARTS) is 1. The largest absolute Gasteiger partial charge is 0.481 e. The molecular formula is C23H26N4O3S. The molecule has 0 bridgehead atoms. The highest BCUT2D eigenvalue weighted by atomic mass is 32.1. The molecule has 1 saturated heterocycles. The van der Waals surface area contributed by atoms with Crippen molar-refractivity contribution >= 4 is 39.2 Å². The normalized spacial score (nSPS) is 16.5. The van der Waals surface area contributed by atoms with E-state index in [9.17, 15) is 14.7 Å². The summed E-state index contributed by atoms with van der Waals surface area (Å²) in [5.74, 6) is -0.586. The monoisotopic (exact) mass is 438 g/mol. The minimum absolute atomic E-state index is 0.0241. The van der Waals surface area contributed by atoms with Gasteiger partial charge in [-0.05, 0) is 32.3 Å². The number of carboxylic acids is 1. The van der Waals surface area contributed by atoms with Crippen LogP contribution in [0.4, 0.5) is 5.82 Å². The second-order valence-electron chi connectivity index (χ2n) is 8.00. The average Bonchev–Trinajstić information content (AvgIpc) is 3.11. The first kappa shape index (κ1) is 21.2. The van der Waals surface area contributed by atoms with Crippen LogP contribution in [-0.4, -0.2) is 51.5 Å². The van der Waals surface area contributed by atoms with Gasteiger partial charge in [0.25, 0.3) is 0 Å². The summed E-state index contributed by atoms with van der Waals surface area (Å²) in [6, 6.07) is 8.41. The van der Waals surface area contributed by atoms with Gasteiger partial charge in [-0.15, -0.1) is 11.3 Å². The lowest BCUT2D eigenvalue weighted by molar-refractivity contribution is -0.145. The maximum absolute atomic E-state index is 12.6. The van der Waals surface area contributed by atoms with Gasteiger partial charge in [0.2, 0.25) is 5.91 Å². The zero-order valence-electron chi connectivity index (χ0n) is 17.7. The van der Waals surface area contributed by atoms with Gasteiger partial charge < -0.3 is 15.3 Å². The number of carbonyl (C=O) groups is 2. The molecule has 1 aliphatic heterocycles. The Morgan fingerprint density at radius 2 is 2.00 bits per heavy atom. The molecule has 2 N–H and O–H groups in total. The van der Waals surface area contributed by atoms with Crippen molar-refractivity contribution in [1.82, 2.24) is 14.9 Å². The molecule has 8 heteroatoms. The molecular weight excluding hydrogens is 412 g/mol. The second kappa shape index (κ2) is 9.01. The Kier molecular flexibility index (Phi) is 6.18. The molecule has 0 radical (unpaired) electrons. The first-order valence-corrected chi connectivity index (χ1v) is 11.3. The number of rotatable bonds is 6. The average molecular weight is 439 g/mol. The van der Waals surface area contributed by atoms with Gasteiger partial charge in [0.15, 0.2) is 0 Å². The molecule has 1 aromatic carbocycles. The van der Waals surface area contributed by atoms with Gasteiger partial charge in [0.05, 0.1) is 11.3 Å². The third-order valence-corrected chi connectivity index (χ3v) is 6.77. The molecule has 3 heterocycles. The fourth-order valence-corrected chi connectivity index (χ4v) is 5.11. The number of likely N-dealkylation sites (tertiary alicyclic amines) is 1. The number of thiophene rings is 1. The SMILES string of the molecule is Cc1ccc(-c2c(C)sc3ncnc(NCCC(=O)N4CCCC(C(=O)O)C4)c23)cc1. The van der Waals surface area contributed by atoms with Crippen LogP contribution in [0.15, 0.2) is 30.6 Å². The molecule has 1 fully saturated rings. The lowest BCUT2D eigenvalue weighted by Crippen LogP contribution is -2.42. The van der Waals surface area contributed by atoms with Crippen LogP contribution in [0.5, 0.6) is 0 Å². The van der Waals surface area contributed by atoms with Gasteiger partial charge in [-0.1, -0.05) is 29.8 Å². The van der Waals surface area contributed by atoms with E-state index in [1.807, 2.05) is 0 Å². The number of anilines is 1. The molecule has 162 valence electrons. The first-order chi connectivity index (χ1) is 14.9. The Bertz CT molecular complexity index is 1110. The number of amides is 1. The molecule has 2 aromatic heterocycles. The summed E-state index contributed by atoms with van der Waals surface area (Å²) in [6.45, 7) is 5.51. The number of nitrogens with zero attached hydrogens (tertiary/aromatic N) is 3. The van der Waals surface area contributed by atoms with Crippen LogP contribution in [0.25, 0.3) is 21.3 Å². The summed E-state index contributed by atoms with van der Waals surface area (Å²) in [5.41, 5.74) is 3.45. The predicted octanol–water partition coefficient (Wildman–Crippen LogP) is 4.10. The predicted molar refractivity (Wildman–Crippen MR) is 122 cm³/mol. The molecule has 1 atom stereocenters. The molecule has 7 nitrogen and oxygen atoms in total. The number of aromatic nitrogens is 2. The molecule has 1 aliphatic rings. The summed E-state index contributed by atoms with van der Waals surface area (Å²) in [4.78, 5) is 36.5. The lowest BCUT2D eigenvalue weighted by Gasteiger charge is -2.30. The summed E-state index contributed by atoms with van der Waals surface area (Å²) in [5, 5.41) is 13.5. The van der Waals surface area contributed by atoms with Crippen molar-refractivity contribution in [3.63, 3.8) is 0 Å². The number of hydrogen-bond acceptors (Lipinski definition) is 6. The molecule has 31 heavy (non-hydrogen) atoms. The van der Waals surface area contributed by atoms with Crippen molar-refractivity contribution in [3.05, 3.63) is 41.0 Å². The van der Waals surface area contributed by atoms with E-state index in [0.29, 0.717) is 32.5 Å². The minimum atomic E-state index is -0.824. The zero-order valence-corrected chi connectivity index (χ0v) is 18.5. The van der Waals surface area contributed by atoms with Crippen LogP contribution in [0.2, 0.25) is 0 Å². The van der Waals surface area contributed by atoms with Gasteiger partial charge in [-0.3, -0.25) is 9.59 Å². The van der Waals surface area contributed by atoms with E-state index in [2.05, 4.69) is 53.4 Å². The van der Waals surface area contributed by atoms with E-state index in [0.717, 1.165) is 33.6 Å². The van der Waals surface area contributed by atoms with E-state index in [4.69, 9.17) is 0 Å². The summed E-state index contributed by atoms with van der Waals surface area (Å²) >= 11 is 1.64. The standard InChI is InChI=1S/C23H26N4O3S/c1-14-5-7-16(8-6-14)19-15(2)31-22-20(19)21(25-13-26-22)24-10-9-18(28)27-11-3-4-17(12-27)23(29)30/h5-8,13,17H,3-4,9-12H2,1-2H3,(H,29,30)(H,24,25,26). The first-order valence-electron chi connectivity index (χ1n) is 10.5. The van der Waals surface area contributed by atoms with Crippen LogP contribution in [0.3, 0.4) is 0 Å². The van der Waals surface area contributed by atoms with Gasteiger partial charge >= 0.3 is 5.97 Å². The second-order valence-corrected chi connectivity index (χ2v) is 9.20. The third kappa shape index (κ3) is 4.54. The molecule has 1 unspecified atom stereocenters. The Balaban J connectivity index is 1.49. The Hall–Kier alpha value is -3.00. The molecule has 0 aliphatic carbocycles. The van der Waals surface area contributed by atoms with Crippen molar-refractivity contribution in [3.8, 4) is 11.1 Å². The van der Waals surface area contributed by atoms with Crippen LogP contribution >= 0.6 is 11.3 Å². The maximum atomic E-state index is 12.6. The van der Waals surface area contributed by atoms with E-state index in [1.54, 1.807) is 22.6 Å². The van der Waals surface area contributed by atoms with Crippen molar-refractivity contribution < 1.29 is 14.7 Å². The molecule has 4 rings (SSSR count). The maximum Gasteiger partial charge on any atom is 0.308 e. The quantitative estimate of drug-likeness (QED) is 0.602. The number of piperidine rings is 1. The number of nitrogens with one attached hydrogen (secondary N) is 1. The van der Waals surface area contributed by atoms with Crippen molar-refractivity contribution in [2.45, 2.75) is 33.1 Å². The van der Waals surface area contributed by atoms with Crippen molar-refractivity contribution in [2.75, 3.05) is 25.0 Å². The fourth-order valence-electron chi connectivity index (χ4n) is 4.10. The fraction of sp³-hybridized carbons (Fsp3) is 0.391. The molecule has 3 aromatic rings. The highest BCUT2D eigenvalue weighted by Crippen LogP contribution is 2.40. The Labute approximate surface area is 185 Å². The summed E-state index contributed by atoms with van der Waals surface area (Å²) in [7, 11) is 0. The molecule has 0 spiro atoms. The number of carbonyl (C=O) groups excluding carboxylic acids is 1. The summed E-state index contributed by atoms with van der Waals surface area (Å²) < 4.78 is 0. The van der Waals surface area contributed by atoms with Gasteiger partial charge in [-0.2, -0.15) is 0 Å². The topological polar surface area (TPSA) is 95.4 Å². The highest BCUT2D eigenvalue weighted by Gasteiger charge is 2.27. The Morgan fingerprint density at radius 3 is 2.74 bits per heavy atom. The van der Waals surface area contributed by atoms with Crippen molar-refractivity contribution in [1.29, 1.82) is 0 Å². The van der Waals surface area contributed by atoms with Gasteiger partial charge in [-0.25, -0.2) is 9.97 Å².